The van der Waals surface area contributed by atoms with Crippen LogP contribution < -0.4 is 10.6 Å². The summed E-state index contributed by atoms with van der Waals surface area (Å²) in [5.41, 5.74) is 1.94. The number of aromatic nitrogens is 3. The van der Waals surface area contributed by atoms with Crippen LogP contribution in [0.3, 0.4) is 0 Å². The van der Waals surface area contributed by atoms with Gasteiger partial charge in [0.15, 0.2) is 0 Å². The van der Waals surface area contributed by atoms with Crippen LogP contribution in [0.5, 0.6) is 0 Å². The van der Waals surface area contributed by atoms with E-state index in [4.69, 9.17) is 11.6 Å². The smallest absolute Gasteiger partial charge is 0.226 e. The number of benzene rings is 1. The first-order valence-electron chi connectivity index (χ1n) is 12.3. The lowest BCUT2D eigenvalue weighted by molar-refractivity contribution is -0.116. The molecule has 0 unspecified atom stereocenters. The average molecular weight is 529 g/mol. The fourth-order valence-electron chi connectivity index (χ4n) is 3.73. The van der Waals surface area contributed by atoms with Gasteiger partial charge in [0.05, 0.1) is 17.1 Å². The molecule has 1 aromatic carbocycles. The maximum atomic E-state index is 14.5. The Hall–Kier alpha value is -3.14. The lowest BCUT2D eigenvalue weighted by Crippen LogP contribution is -2.27. The Labute approximate surface area is 222 Å². The number of aliphatic hydroxyl groups is 1. The number of rotatable bonds is 12. The van der Waals surface area contributed by atoms with E-state index in [9.17, 15) is 14.3 Å². The molecule has 0 saturated carbocycles. The van der Waals surface area contributed by atoms with E-state index in [-0.39, 0.29) is 18.1 Å². The molecule has 37 heavy (non-hydrogen) atoms. The molecule has 0 radical (unpaired) electrons. The van der Waals surface area contributed by atoms with Crippen LogP contribution in [0, 0.1) is 11.2 Å². The van der Waals surface area contributed by atoms with Crippen molar-refractivity contribution >= 4 is 34.7 Å². The monoisotopic (exact) mass is 528 g/mol. The van der Waals surface area contributed by atoms with Gasteiger partial charge < -0.3 is 20.6 Å². The first kappa shape index (κ1) is 28.4. The van der Waals surface area contributed by atoms with Crippen LogP contribution in [0.15, 0.2) is 42.6 Å². The van der Waals surface area contributed by atoms with E-state index < -0.39 is 11.2 Å². The molecule has 8 nitrogen and oxygen atoms in total. The van der Waals surface area contributed by atoms with Crippen molar-refractivity contribution in [1.82, 2.24) is 20.1 Å². The second-order valence-electron chi connectivity index (χ2n) is 9.59. The highest BCUT2D eigenvalue weighted by atomic mass is 35.5. The van der Waals surface area contributed by atoms with Gasteiger partial charge in [-0.2, -0.15) is 5.10 Å². The van der Waals surface area contributed by atoms with Gasteiger partial charge in [-0.25, -0.2) is 9.37 Å². The van der Waals surface area contributed by atoms with Crippen LogP contribution in [0.1, 0.15) is 39.8 Å². The molecule has 198 valence electrons. The maximum absolute atomic E-state index is 14.5. The third-order valence-electron chi connectivity index (χ3n) is 6.00. The normalized spacial score (nSPS) is 11.6. The topological polar surface area (TPSA) is 103 Å². The largest absolute Gasteiger partial charge is 0.396 e. The zero-order valence-corrected chi connectivity index (χ0v) is 22.4. The van der Waals surface area contributed by atoms with Crippen molar-refractivity contribution in [1.29, 1.82) is 0 Å². The van der Waals surface area contributed by atoms with Gasteiger partial charge in [-0.1, -0.05) is 39.3 Å². The number of halogens is 2. The number of pyridine rings is 1. The fourth-order valence-corrected chi connectivity index (χ4v) is 3.90. The molecule has 10 heteroatoms. The van der Waals surface area contributed by atoms with Crippen molar-refractivity contribution < 1.29 is 14.3 Å². The van der Waals surface area contributed by atoms with E-state index in [2.05, 4.69) is 44.6 Å². The Morgan fingerprint density at radius 1 is 1.14 bits per heavy atom. The molecule has 3 aromatic rings. The van der Waals surface area contributed by atoms with Gasteiger partial charge in [0.25, 0.3) is 0 Å². The first-order valence-corrected chi connectivity index (χ1v) is 12.7. The van der Waals surface area contributed by atoms with Crippen molar-refractivity contribution in [2.24, 2.45) is 5.41 Å². The summed E-state index contributed by atoms with van der Waals surface area (Å²) in [5.74, 6) is -0.173. The predicted octanol–water partition coefficient (Wildman–Crippen LogP) is 5.31. The summed E-state index contributed by atoms with van der Waals surface area (Å²) >= 11 is 6.09. The Kier molecular flexibility index (Phi) is 9.91. The number of carbonyl (C=O) groups excluding carboxylic acids is 1. The van der Waals surface area contributed by atoms with Gasteiger partial charge in [0.1, 0.15) is 11.6 Å². The molecule has 2 heterocycles. The number of hydrogen-bond donors (Lipinski definition) is 3. The lowest BCUT2D eigenvalue weighted by Gasteiger charge is -2.22. The third kappa shape index (κ3) is 8.18. The molecule has 0 aliphatic heterocycles. The van der Waals surface area contributed by atoms with E-state index in [1.165, 1.54) is 18.2 Å². The van der Waals surface area contributed by atoms with E-state index in [1.54, 1.807) is 24.4 Å². The minimum absolute atomic E-state index is 0.0439. The fraction of sp³-hybridized carbons (Fsp3) is 0.407. The van der Waals surface area contributed by atoms with Gasteiger partial charge in [-0.3, -0.25) is 4.79 Å². The maximum Gasteiger partial charge on any atom is 0.226 e. The van der Waals surface area contributed by atoms with Crippen LogP contribution in [-0.2, 0) is 11.2 Å². The summed E-state index contributed by atoms with van der Waals surface area (Å²) < 4.78 is 14.5. The second kappa shape index (κ2) is 12.9. The molecule has 1 amide bonds. The Balaban J connectivity index is 1.87. The number of nitrogens with zero attached hydrogens (tertiary/aromatic N) is 4. The van der Waals surface area contributed by atoms with Crippen molar-refractivity contribution in [3.63, 3.8) is 0 Å². The minimum atomic E-state index is -0.466. The van der Waals surface area contributed by atoms with E-state index in [0.29, 0.717) is 53.0 Å². The molecule has 3 rings (SSSR count). The highest BCUT2D eigenvalue weighted by Gasteiger charge is 2.22. The molecule has 0 aliphatic rings. The van der Waals surface area contributed by atoms with E-state index >= 15 is 0 Å². The Bertz CT molecular complexity index is 1220. The van der Waals surface area contributed by atoms with Crippen LogP contribution >= 0.6 is 11.6 Å². The number of nitrogens with one attached hydrogen (secondary N) is 2. The molecule has 0 bridgehead atoms. The minimum Gasteiger partial charge on any atom is -0.396 e. The van der Waals surface area contributed by atoms with Gasteiger partial charge in [0, 0.05) is 54.5 Å². The quantitative estimate of drug-likeness (QED) is 0.293. The Morgan fingerprint density at radius 3 is 2.59 bits per heavy atom. The summed E-state index contributed by atoms with van der Waals surface area (Å²) in [6.45, 7) is 10.4. The number of amides is 1. The second-order valence-corrected chi connectivity index (χ2v) is 10.0. The number of hydrogen-bond acceptors (Lipinski definition) is 7. The Morgan fingerprint density at radius 2 is 1.89 bits per heavy atom. The van der Waals surface area contributed by atoms with Gasteiger partial charge in [-0.15, -0.1) is 5.10 Å². The zero-order valence-electron chi connectivity index (χ0n) is 21.7. The number of aliphatic hydroxyl groups excluding tert-OH is 1. The third-order valence-corrected chi connectivity index (χ3v) is 6.24. The van der Waals surface area contributed by atoms with Gasteiger partial charge >= 0.3 is 0 Å². The van der Waals surface area contributed by atoms with Crippen LogP contribution in [-0.4, -0.2) is 57.3 Å². The lowest BCUT2D eigenvalue weighted by atomic mass is 9.88. The molecule has 0 aliphatic carbocycles. The molecule has 0 fully saturated rings. The molecule has 0 saturated heterocycles. The summed E-state index contributed by atoms with van der Waals surface area (Å²) in [5, 5.41) is 24.9. The summed E-state index contributed by atoms with van der Waals surface area (Å²) in [6, 6.07) is 9.43. The van der Waals surface area contributed by atoms with Crippen molar-refractivity contribution in [3.8, 4) is 11.3 Å². The van der Waals surface area contributed by atoms with Gasteiger partial charge in [-0.05, 0) is 48.8 Å². The van der Waals surface area contributed by atoms with E-state index in [1.807, 2.05) is 13.8 Å². The van der Waals surface area contributed by atoms with Crippen molar-refractivity contribution in [2.45, 2.75) is 40.5 Å². The highest BCUT2D eigenvalue weighted by molar-refractivity contribution is 6.30. The predicted molar refractivity (Wildman–Crippen MR) is 146 cm³/mol. The first-order chi connectivity index (χ1) is 17.6. The van der Waals surface area contributed by atoms with E-state index in [0.717, 1.165) is 13.1 Å². The van der Waals surface area contributed by atoms with Crippen molar-refractivity contribution in [3.05, 3.63) is 59.1 Å². The highest BCUT2D eigenvalue weighted by Crippen LogP contribution is 2.31. The molecule has 0 spiro atoms. The van der Waals surface area contributed by atoms with Crippen LogP contribution in [0.2, 0.25) is 5.02 Å². The molecule has 0 atom stereocenters. The number of carbonyl (C=O) groups is 1. The summed E-state index contributed by atoms with van der Waals surface area (Å²) in [6.07, 6.45) is 2.38. The molecular formula is C27H34ClFN6O2. The average Bonchev–Trinajstić information content (AvgIpc) is 2.87. The van der Waals surface area contributed by atoms with Crippen LogP contribution in [0.25, 0.3) is 11.3 Å². The molecule has 2 aromatic heterocycles. The van der Waals surface area contributed by atoms with Gasteiger partial charge in [0.2, 0.25) is 5.91 Å². The summed E-state index contributed by atoms with van der Waals surface area (Å²) in [4.78, 5) is 18.9. The zero-order chi connectivity index (χ0) is 27.0. The molecular weight excluding hydrogens is 495 g/mol. The SMILES string of the molecule is CCN(CC)CCC(=O)Nc1cc(Nc2cc(-c3cc(Cl)ccc3F)nnc2CC(C)(C)CO)ccn1. The van der Waals surface area contributed by atoms with Crippen LogP contribution in [0.4, 0.5) is 21.6 Å². The number of anilines is 3. The standard InChI is InChI=1S/C27H34ClFN6O2/c1-5-35(6-2)12-10-26(37)32-25-14-19(9-11-30-25)31-23-15-22(20-13-18(28)7-8-21(20)29)33-34-24(23)16-27(3,4)17-36/h7-9,11,13-15,36H,5-6,10,12,16-17H2,1-4H3,(H2,30,31,32,33,37). The summed E-state index contributed by atoms with van der Waals surface area (Å²) in [7, 11) is 0. The van der Waals surface area contributed by atoms with Crippen molar-refractivity contribution in [2.75, 3.05) is 36.9 Å². The molecule has 3 N–H and O–H groups in total.